The predicted molar refractivity (Wildman–Crippen MR) is 102 cm³/mol. The molecule has 0 unspecified atom stereocenters. The third-order valence-electron chi connectivity index (χ3n) is 5.07. The van der Waals surface area contributed by atoms with Crippen LogP contribution in [-0.4, -0.2) is 51.9 Å². The van der Waals surface area contributed by atoms with E-state index < -0.39 is 0 Å². The van der Waals surface area contributed by atoms with E-state index in [-0.39, 0.29) is 0 Å². The van der Waals surface area contributed by atoms with Crippen molar-refractivity contribution in [1.29, 1.82) is 0 Å². The molecule has 0 atom stereocenters. The SMILES string of the molecule is CCN1CCN(Cc2c(-c3ccccc3)nc3ccc(N)cn23)CC1. The Morgan fingerprint density at radius 3 is 2.40 bits per heavy atom. The topological polar surface area (TPSA) is 49.8 Å². The number of aromatic nitrogens is 2. The summed E-state index contributed by atoms with van der Waals surface area (Å²) in [5, 5.41) is 0. The van der Waals surface area contributed by atoms with Gasteiger partial charge in [-0.05, 0) is 18.7 Å². The Labute approximate surface area is 148 Å². The van der Waals surface area contributed by atoms with Crippen LogP contribution in [-0.2, 0) is 6.54 Å². The molecule has 3 heterocycles. The maximum Gasteiger partial charge on any atom is 0.137 e. The number of anilines is 1. The molecule has 5 nitrogen and oxygen atoms in total. The first-order valence-electron chi connectivity index (χ1n) is 9.01. The molecule has 25 heavy (non-hydrogen) atoms. The van der Waals surface area contributed by atoms with E-state index in [1.165, 1.54) is 5.69 Å². The van der Waals surface area contributed by atoms with Crippen molar-refractivity contribution in [1.82, 2.24) is 19.2 Å². The quantitative estimate of drug-likeness (QED) is 0.796. The van der Waals surface area contributed by atoms with Crippen molar-refractivity contribution in [2.24, 2.45) is 0 Å². The number of pyridine rings is 1. The number of imidazole rings is 1. The summed E-state index contributed by atoms with van der Waals surface area (Å²) in [5.74, 6) is 0. The first-order chi connectivity index (χ1) is 12.2. The highest BCUT2D eigenvalue weighted by Gasteiger charge is 2.20. The van der Waals surface area contributed by atoms with Gasteiger partial charge in [-0.25, -0.2) is 4.98 Å². The Morgan fingerprint density at radius 2 is 1.68 bits per heavy atom. The van der Waals surface area contributed by atoms with Gasteiger partial charge >= 0.3 is 0 Å². The number of nitrogens with two attached hydrogens (primary N) is 1. The lowest BCUT2D eigenvalue weighted by molar-refractivity contribution is 0.131. The van der Waals surface area contributed by atoms with Gasteiger partial charge in [0.2, 0.25) is 0 Å². The molecule has 1 aliphatic heterocycles. The lowest BCUT2D eigenvalue weighted by Gasteiger charge is -2.34. The second kappa shape index (κ2) is 6.86. The van der Waals surface area contributed by atoms with E-state index in [1.54, 1.807) is 0 Å². The number of nitrogen functional groups attached to an aromatic ring is 1. The monoisotopic (exact) mass is 335 g/mol. The van der Waals surface area contributed by atoms with E-state index >= 15 is 0 Å². The van der Waals surface area contributed by atoms with Gasteiger partial charge in [0.25, 0.3) is 0 Å². The average Bonchev–Trinajstić information content (AvgIpc) is 3.01. The second-order valence-corrected chi connectivity index (χ2v) is 6.67. The Hall–Kier alpha value is -2.37. The van der Waals surface area contributed by atoms with Crippen LogP contribution < -0.4 is 5.73 Å². The molecule has 0 saturated carbocycles. The fourth-order valence-electron chi connectivity index (χ4n) is 3.56. The fraction of sp³-hybridized carbons (Fsp3) is 0.350. The molecule has 3 aromatic rings. The first kappa shape index (κ1) is 16.1. The largest absolute Gasteiger partial charge is 0.398 e. The van der Waals surface area contributed by atoms with Crippen molar-refractivity contribution in [3.63, 3.8) is 0 Å². The normalized spacial score (nSPS) is 16.5. The molecule has 130 valence electrons. The number of benzene rings is 1. The molecule has 0 radical (unpaired) electrons. The van der Waals surface area contributed by atoms with Gasteiger partial charge < -0.3 is 15.0 Å². The zero-order valence-corrected chi connectivity index (χ0v) is 14.7. The maximum atomic E-state index is 6.04. The summed E-state index contributed by atoms with van der Waals surface area (Å²) in [6.07, 6.45) is 1.99. The van der Waals surface area contributed by atoms with E-state index in [1.807, 2.05) is 24.4 Å². The third-order valence-corrected chi connectivity index (χ3v) is 5.07. The van der Waals surface area contributed by atoms with Crippen LogP contribution in [0.15, 0.2) is 48.7 Å². The number of hydrogen-bond donors (Lipinski definition) is 1. The molecule has 1 aliphatic rings. The van der Waals surface area contributed by atoms with Gasteiger partial charge in [-0.2, -0.15) is 0 Å². The summed E-state index contributed by atoms with van der Waals surface area (Å²) >= 11 is 0. The Bertz CT molecular complexity index is 847. The van der Waals surface area contributed by atoms with E-state index in [0.717, 1.165) is 61.9 Å². The van der Waals surface area contributed by atoms with Gasteiger partial charge in [0, 0.05) is 50.2 Å². The molecule has 1 fully saturated rings. The van der Waals surface area contributed by atoms with Crippen molar-refractivity contribution in [3.8, 4) is 11.3 Å². The summed E-state index contributed by atoms with van der Waals surface area (Å²) in [6, 6.07) is 14.4. The molecule has 5 heteroatoms. The predicted octanol–water partition coefficient (Wildman–Crippen LogP) is 2.72. The molecule has 1 aromatic carbocycles. The number of likely N-dealkylation sites (N-methyl/N-ethyl adjacent to an activating group) is 1. The molecule has 0 amide bonds. The summed E-state index contributed by atoms with van der Waals surface area (Å²) in [4.78, 5) is 9.91. The Balaban J connectivity index is 1.71. The molecule has 2 aromatic heterocycles. The van der Waals surface area contributed by atoms with E-state index in [0.29, 0.717) is 0 Å². The lowest BCUT2D eigenvalue weighted by Crippen LogP contribution is -2.45. The van der Waals surface area contributed by atoms with Crippen molar-refractivity contribution < 1.29 is 0 Å². The van der Waals surface area contributed by atoms with Gasteiger partial charge in [0.15, 0.2) is 0 Å². The summed E-state index contributed by atoms with van der Waals surface area (Å²) in [5.41, 5.74) is 11.2. The molecule has 1 saturated heterocycles. The average molecular weight is 335 g/mol. The minimum atomic E-state index is 0.765. The van der Waals surface area contributed by atoms with Crippen LogP contribution in [0, 0.1) is 0 Å². The molecule has 4 rings (SSSR count). The van der Waals surface area contributed by atoms with E-state index in [4.69, 9.17) is 10.7 Å². The zero-order chi connectivity index (χ0) is 17.2. The summed E-state index contributed by atoms with van der Waals surface area (Å²) in [7, 11) is 0. The highest BCUT2D eigenvalue weighted by Crippen LogP contribution is 2.26. The fourth-order valence-corrected chi connectivity index (χ4v) is 3.56. The van der Waals surface area contributed by atoms with Gasteiger partial charge in [-0.3, -0.25) is 4.90 Å². The van der Waals surface area contributed by atoms with Gasteiger partial charge in [-0.1, -0.05) is 37.3 Å². The van der Waals surface area contributed by atoms with E-state index in [9.17, 15) is 0 Å². The number of hydrogen-bond acceptors (Lipinski definition) is 4. The highest BCUT2D eigenvalue weighted by molar-refractivity contribution is 5.67. The number of piperazine rings is 1. The molecular weight excluding hydrogens is 310 g/mol. The number of rotatable bonds is 4. The highest BCUT2D eigenvalue weighted by atomic mass is 15.3. The minimum Gasteiger partial charge on any atom is -0.398 e. The van der Waals surface area contributed by atoms with Crippen LogP contribution in [0.5, 0.6) is 0 Å². The molecule has 0 bridgehead atoms. The Morgan fingerprint density at radius 1 is 0.960 bits per heavy atom. The zero-order valence-electron chi connectivity index (χ0n) is 14.7. The number of nitrogens with zero attached hydrogens (tertiary/aromatic N) is 4. The van der Waals surface area contributed by atoms with Crippen LogP contribution in [0.3, 0.4) is 0 Å². The summed E-state index contributed by atoms with van der Waals surface area (Å²) < 4.78 is 2.16. The van der Waals surface area contributed by atoms with Crippen LogP contribution in [0.2, 0.25) is 0 Å². The molecule has 0 spiro atoms. The van der Waals surface area contributed by atoms with Gasteiger partial charge in [0.1, 0.15) is 5.65 Å². The van der Waals surface area contributed by atoms with Crippen LogP contribution in [0.4, 0.5) is 5.69 Å². The smallest absolute Gasteiger partial charge is 0.137 e. The van der Waals surface area contributed by atoms with Crippen LogP contribution >= 0.6 is 0 Å². The third kappa shape index (κ3) is 3.25. The van der Waals surface area contributed by atoms with Gasteiger partial charge in [-0.15, -0.1) is 0 Å². The van der Waals surface area contributed by atoms with Crippen molar-refractivity contribution in [2.45, 2.75) is 13.5 Å². The minimum absolute atomic E-state index is 0.765. The maximum absolute atomic E-state index is 6.04. The molecular formula is C20H25N5. The van der Waals surface area contributed by atoms with Crippen LogP contribution in [0.1, 0.15) is 12.6 Å². The molecule has 0 aliphatic carbocycles. The lowest BCUT2D eigenvalue weighted by atomic mass is 10.1. The Kier molecular flexibility index (Phi) is 4.42. The van der Waals surface area contributed by atoms with Crippen LogP contribution in [0.25, 0.3) is 16.9 Å². The van der Waals surface area contributed by atoms with E-state index in [2.05, 4.69) is 45.4 Å². The molecule has 2 N–H and O–H groups in total. The van der Waals surface area contributed by atoms with Gasteiger partial charge in [0.05, 0.1) is 11.4 Å². The van der Waals surface area contributed by atoms with Crippen molar-refractivity contribution >= 4 is 11.3 Å². The summed E-state index contributed by atoms with van der Waals surface area (Å²) in [6.45, 7) is 8.72. The van der Waals surface area contributed by atoms with Crippen molar-refractivity contribution in [3.05, 3.63) is 54.4 Å². The standard InChI is InChI=1S/C20H25N5/c1-2-23-10-12-24(13-11-23)15-18-20(16-6-4-3-5-7-16)22-19-9-8-17(21)14-25(18)19/h3-9,14H,2,10-13,15,21H2,1H3. The number of fused-ring (bicyclic) bond motifs is 1. The van der Waals surface area contributed by atoms with Crippen molar-refractivity contribution in [2.75, 3.05) is 38.5 Å². The second-order valence-electron chi connectivity index (χ2n) is 6.67. The first-order valence-corrected chi connectivity index (χ1v) is 9.01.